The summed E-state index contributed by atoms with van der Waals surface area (Å²) in [5, 5.41) is 3.85. The molecule has 0 unspecified atom stereocenters. The summed E-state index contributed by atoms with van der Waals surface area (Å²) in [4.78, 5) is 25.8. The van der Waals surface area contributed by atoms with Crippen LogP contribution < -0.4 is 10.1 Å². The van der Waals surface area contributed by atoms with Crippen molar-refractivity contribution >= 4 is 33.1 Å². The number of aromatic nitrogens is 2. The number of carbonyl (C=O) groups is 1. The summed E-state index contributed by atoms with van der Waals surface area (Å²) in [5.41, 5.74) is 2.04. The number of hydrogen-bond acceptors (Lipinski definition) is 7. The fourth-order valence-electron chi connectivity index (χ4n) is 4.06. The molecule has 0 saturated carbocycles. The fourth-order valence-corrected chi connectivity index (χ4v) is 5.33. The molecule has 30 heavy (non-hydrogen) atoms. The molecule has 0 radical (unpaired) electrons. The van der Waals surface area contributed by atoms with E-state index in [-0.39, 0.29) is 5.91 Å². The molecule has 8 heteroatoms. The standard InChI is InChI=1S/C22H24N4O3S/c1-14(27)23-15-4-2-5-16(12-15)29-21-20-17-6-3-7-18(17)30-22(20)25-19(24-21)13-26-8-10-28-11-9-26/h2,4-5,12H,3,6-11,13H2,1H3,(H,23,27). The molecular formula is C22H24N4O3S. The van der Waals surface area contributed by atoms with Crippen LogP contribution in [0.25, 0.3) is 10.2 Å². The molecule has 1 amide bonds. The molecule has 2 aromatic heterocycles. The van der Waals surface area contributed by atoms with Crippen LogP contribution in [0.5, 0.6) is 11.6 Å². The number of hydrogen-bond donors (Lipinski definition) is 1. The number of anilines is 1. The number of nitrogens with zero attached hydrogens (tertiary/aromatic N) is 3. The summed E-state index contributed by atoms with van der Waals surface area (Å²) in [6, 6.07) is 7.42. The van der Waals surface area contributed by atoms with E-state index < -0.39 is 0 Å². The van der Waals surface area contributed by atoms with E-state index in [2.05, 4.69) is 10.2 Å². The molecule has 1 saturated heterocycles. The molecule has 0 spiro atoms. The van der Waals surface area contributed by atoms with Crippen LogP contribution >= 0.6 is 11.3 Å². The zero-order valence-electron chi connectivity index (χ0n) is 16.9. The minimum Gasteiger partial charge on any atom is -0.438 e. The number of carbonyl (C=O) groups excluding carboxylic acids is 1. The van der Waals surface area contributed by atoms with Crippen molar-refractivity contribution in [2.45, 2.75) is 32.7 Å². The fraction of sp³-hybridized carbons (Fsp3) is 0.409. The van der Waals surface area contributed by atoms with E-state index >= 15 is 0 Å². The Morgan fingerprint density at radius 1 is 1.27 bits per heavy atom. The minimum absolute atomic E-state index is 0.111. The van der Waals surface area contributed by atoms with Crippen molar-refractivity contribution in [3.63, 3.8) is 0 Å². The zero-order chi connectivity index (χ0) is 20.5. The third kappa shape index (κ3) is 4.03. The van der Waals surface area contributed by atoms with Gasteiger partial charge in [0.15, 0.2) is 0 Å². The Hall–Kier alpha value is -2.55. The number of aryl methyl sites for hydroxylation is 2. The smallest absolute Gasteiger partial charge is 0.231 e. The molecule has 156 valence electrons. The highest BCUT2D eigenvalue weighted by Crippen LogP contribution is 2.41. The number of benzene rings is 1. The van der Waals surface area contributed by atoms with Gasteiger partial charge < -0.3 is 14.8 Å². The molecule has 1 N–H and O–H groups in total. The molecule has 1 aliphatic heterocycles. The van der Waals surface area contributed by atoms with Crippen molar-refractivity contribution in [2.75, 3.05) is 31.6 Å². The van der Waals surface area contributed by atoms with E-state index in [1.807, 2.05) is 24.3 Å². The average Bonchev–Trinajstić information content (AvgIpc) is 3.29. The van der Waals surface area contributed by atoms with Gasteiger partial charge in [-0.2, -0.15) is 4.98 Å². The predicted octanol–water partition coefficient (Wildman–Crippen LogP) is 3.76. The van der Waals surface area contributed by atoms with Gasteiger partial charge in [-0.1, -0.05) is 6.07 Å². The van der Waals surface area contributed by atoms with Gasteiger partial charge in [0.05, 0.1) is 25.1 Å². The van der Waals surface area contributed by atoms with Crippen LogP contribution in [-0.2, 0) is 28.9 Å². The van der Waals surface area contributed by atoms with Crippen LogP contribution in [-0.4, -0.2) is 47.1 Å². The highest BCUT2D eigenvalue weighted by molar-refractivity contribution is 7.19. The molecule has 1 aromatic carbocycles. The lowest BCUT2D eigenvalue weighted by Crippen LogP contribution is -2.36. The number of morpholine rings is 1. The predicted molar refractivity (Wildman–Crippen MR) is 116 cm³/mol. The maximum atomic E-state index is 11.4. The molecule has 1 aliphatic carbocycles. The van der Waals surface area contributed by atoms with Gasteiger partial charge in [0.25, 0.3) is 0 Å². The highest BCUT2D eigenvalue weighted by Gasteiger charge is 2.24. The number of nitrogens with one attached hydrogen (secondary N) is 1. The monoisotopic (exact) mass is 424 g/mol. The van der Waals surface area contributed by atoms with E-state index in [9.17, 15) is 4.79 Å². The summed E-state index contributed by atoms with van der Waals surface area (Å²) in [6.45, 7) is 5.44. The SMILES string of the molecule is CC(=O)Nc1cccc(Oc2nc(CN3CCOCC3)nc3sc4c(c23)CCC4)c1. The average molecular weight is 425 g/mol. The third-order valence-corrected chi connectivity index (χ3v) is 6.60. The highest BCUT2D eigenvalue weighted by atomic mass is 32.1. The Kier molecular flexibility index (Phi) is 5.37. The maximum Gasteiger partial charge on any atom is 0.231 e. The molecular weight excluding hydrogens is 400 g/mol. The van der Waals surface area contributed by atoms with Crippen LogP contribution in [0.3, 0.4) is 0 Å². The molecule has 1 fully saturated rings. The normalized spacial score (nSPS) is 16.6. The molecule has 3 aromatic rings. The number of thiophene rings is 1. The van der Waals surface area contributed by atoms with Gasteiger partial charge in [-0.3, -0.25) is 9.69 Å². The van der Waals surface area contributed by atoms with Crippen molar-refractivity contribution in [3.8, 4) is 11.6 Å². The van der Waals surface area contributed by atoms with Crippen molar-refractivity contribution in [2.24, 2.45) is 0 Å². The largest absolute Gasteiger partial charge is 0.438 e. The first-order valence-corrected chi connectivity index (χ1v) is 11.1. The Morgan fingerprint density at radius 3 is 2.97 bits per heavy atom. The van der Waals surface area contributed by atoms with E-state index in [4.69, 9.17) is 19.4 Å². The maximum absolute atomic E-state index is 11.4. The topological polar surface area (TPSA) is 76.6 Å². The van der Waals surface area contributed by atoms with Crippen molar-refractivity contribution in [1.29, 1.82) is 0 Å². The molecule has 0 bridgehead atoms. The van der Waals surface area contributed by atoms with Crippen molar-refractivity contribution < 1.29 is 14.3 Å². The first kappa shape index (κ1) is 19.4. The Labute approximate surface area is 179 Å². The number of ether oxygens (including phenoxy) is 2. The third-order valence-electron chi connectivity index (χ3n) is 5.42. The lowest BCUT2D eigenvalue weighted by atomic mass is 10.2. The van der Waals surface area contributed by atoms with Gasteiger partial charge in [0, 0.05) is 36.6 Å². The Bertz CT molecular complexity index is 1090. The van der Waals surface area contributed by atoms with Crippen molar-refractivity contribution in [3.05, 3.63) is 40.5 Å². The van der Waals surface area contributed by atoms with Gasteiger partial charge in [-0.05, 0) is 37.0 Å². The van der Waals surface area contributed by atoms with Gasteiger partial charge >= 0.3 is 0 Å². The van der Waals surface area contributed by atoms with Crippen molar-refractivity contribution in [1.82, 2.24) is 14.9 Å². The summed E-state index contributed by atoms with van der Waals surface area (Å²) < 4.78 is 11.7. The zero-order valence-corrected chi connectivity index (χ0v) is 17.8. The van der Waals surface area contributed by atoms with Gasteiger partial charge in [0.2, 0.25) is 11.8 Å². The molecule has 2 aliphatic rings. The van der Waals surface area contributed by atoms with E-state index in [0.717, 1.165) is 55.2 Å². The van der Waals surface area contributed by atoms with Crippen LogP contribution in [0.1, 0.15) is 29.6 Å². The van der Waals surface area contributed by atoms with Gasteiger partial charge in [-0.25, -0.2) is 4.98 Å². The molecule has 0 atom stereocenters. The second-order valence-corrected chi connectivity index (χ2v) is 8.77. The molecule has 7 nitrogen and oxygen atoms in total. The quantitative estimate of drug-likeness (QED) is 0.672. The summed E-state index contributed by atoms with van der Waals surface area (Å²) in [7, 11) is 0. The number of amides is 1. The summed E-state index contributed by atoms with van der Waals surface area (Å²) in [6.07, 6.45) is 3.32. The molecule has 5 rings (SSSR count). The first-order chi connectivity index (χ1) is 14.7. The van der Waals surface area contributed by atoms with Crippen LogP contribution in [0.4, 0.5) is 5.69 Å². The molecule has 3 heterocycles. The Morgan fingerprint density at radius 2 is 2.13 bits per heavy atom. The number of fused-ring (bicyclic) bond motifs is 3. The summed E-state index contributed by atoms with van der Waals surface area (Å²) >= 11 is 1.77. The number of rotatable bonds is 5. The minimum atomic E-state index is -0.111. The van der Waals surface area contributed by atoms with E-state index in [0.29, 0.717) is 23.9 Å². The van der Waals surface area contributed by atoms with Crippen LogP contribution in [0, 0.1) is 0 Å². The lowest BCUT2D eigenvalue weighted by molar-refractivity contribution is -0.114. The van der Waals surface area contributed by atoms with E-state index in [1.165, 1.54) is 23.8 Å². The van der Waals surface area contributed by atoms with Crippen LogP contribution in [0.2, 0.25) is 0 Å². The Balaban J connectivity index is 1.51. The first-order valence-electron chi connectivity index (χ1n) is 10.3. The summed E-state index contributed by atoms with van der Waals surface area (Å²) in [5.74, 6) is 1.93. The second-order valence-electron chi connectivity index (χ2n) is 7.68. The van der Waals surface area contributed by atoms with Gasteiger partial charge in [-0.15, -0.1) is 11.3 Å². The van der Waals surface area contributed by atoms with E-state index in [1.54, 1.807) is 11.3 Å². The lowest BCUT2D eigenvalue weighted by Gasteiger charge is -2.25. The van der Waals surface area contributed by atoms with Crippen LogP contribution in [0.15, 0.2) is 24.3 Å². The second kappa shape index (κ2) is 8.29. The van der Waals surface area contributed by atoms with Gasteiger partial charge in [0.1, 0.15) is 16.4 Å².